The Labute approximate surface area is 213 Å². The summed E-state index contributed by atoms with van der Waals surface area (Å²) >= 11 is 1.17. The van der Waals surface area contributed by atoms with E-state index in [1.807, 2.05) is 75.4 Å². The Morgan fingerprint density at radius 1 is 1.17 bits per heavy atom. The van der Waals surface area contributed by atoms with Crippen molar-refractivity contribution in [1.82, 2.24) is 10.3 Å². The van der Waals surface area contributed by atoms with Crippen molar-refractivity contribution in [1.29, 1.82) is 5.26 Å². The Bertz CT molecular complexity index is 1420. The number of rotatable bonds is 8. The molecule has 2 heterocycles. The van der Waals surface area contributed by atoms with Crippen LogP contribution in [0.4, 0.5) is 5.88 Å². The van der Waals surface area contributed by atoms with Gasteiger partial charge in [0, 0.05) is 16.9 Å². The number of thioether (sulfide) groups is 1. The van der Waals surface area contributed by atoms with Crippen molar-refractivity contribution in [2.75, 3.05) is 12.9 Å². The van der Waals surface area contributed by atoms with Crippen molar-refractivity contribution in [3.8, 4) is 34.2 Å². The van der Waals surface area contributed by atoms with Crippen LogP contribution in [0.5, 0.6) is 5.75 Å². The summed E-state index contributed by atoms with van der Waals surface area (Å²) in [6.07, 6.45) is 1.58. The van der Waals surface area contributed by atoms with Gasteiger partial charge in [-0.3, -0.25) is 4.52 Å². The number of hydrogen-bond donors (Lipinski definition) is 0. The van der Waals surface area contributed by atoms with Gasteiger partial charge < -0.3 is 9.84 Å². The number of aryl methyl sites for hydroxylation is 1. The third-order valence-electron chi connectivity index (χ3n) is 5.41. The van der Waals surface area contributed by atoms with E-state index in [0.29, 0.717) is 16.3 Å². The molecule has 0 aliphatic rings. The maximum Gasteiger partial charge on any atom is 0.320 e. The minimum Gasteiger partial charge on any atom is -0.861 e. The van der Waals surface area contributed by atoms with Crippen LogP contribution in [0.25, 0.3) is 22.4 Å². The second kappa shape index (κ2) is 11.1. The smallest absolute Gasteiger partial charge is 0.320 e. The van der Waals surface area contributed by atoms with E-state index in [9.17, 15) is 10.4 Å². The van der Waals surface area contributed by atoms with Gasteiger partial charge in [0.1, 0.15) is 16.8 Å². The summed E-state index contributed by atoms with van der Waals surface area (Å²) in [6.45, 7) is 5.90. The molecule has 4 rings (SSSR count). The fraction of sp³-hybridized carbons (Fsp3) is 0.222. The van der Waals surface area contributed by atoms with E-state index in [1.165, 1.54) is 11.8 Å². The Morgan fingerprint density at radius 2 is 1.86 bits per heavy atom. The van der Waals surface area contributed by atoms with Gasteiger partial charge in [0.2, 0.25) is 5.27 Å². The maximum absolute atomic E-state index is 12.6. The van der Waals surface area contributed by atoms with Gasteiger partial charge in [-0.2, -0.15) is 5.26 Å². The van der Waals surface area contributed by atoms with Crippen LogP contribution in [0, 0.1) is 18.3 Å². The van der Waals surface area contributed by atoms with Crippen LogP contribution in [0.2, 0.25) is 0 Å². The lowest BCUT2D eigenvalue weighted by molar-refractivity contribution is -0.779. The zero-order chi connectivity index (χ0) is 25.7. The summed E-state index contributed by atoms with van der Waals surface area (Å²) in [7, 11) is 1.61. The van der Waals surface area contributed by atoms with Gasteiger partial charge in [-0.05, 0) is 67.2 Å². The quantitative estimate of drug-likeness (QED) is 0.150. The van der Waals surface area contributed by atoms with Crippen molar-refractivity contribution < 1.29 is 19.0 Å². The first-order valence-corrected chi connectivity index (χ1v) is 12.3. The van der Waals surface area contributed by atoms with Crippen LogP contribution >= 0.6 is 11.8 Å². The number of pyridine rings is 1. The van der Waals surface area contributed by atoms with Crippen molar-refractivity contribution in [3.05, 3.63) is 71.9 Å². The molecule has 0 amide bonds. The Hall–Kier alpha value is -4.16. The number of benzene rings is 2. The lowest BCUT2D eigenvalue weighted by Crippen LogP contribution is -2.36. The predicted molar refractivity (Wildman–Crippen MR) is 136 cm³/mol. The van der Waals surface area contributed by atoms with Gasteiger partial charge >= 0.3 is 5.88 Å². The molecule has 4 aromatic rings. The van der Waals surface area contributed by atoms with E-state index < -0.39 is 5.90 Å². The van der Waals surface area contributed by atoms with Gasteiger partial charge in [0.15, 0.2) is 6.04 Å². The zero-order valence-corrected chi connectivity index (χ0v) is 21.2. The molecule has 0 unspecified atom stereocenters. The average Bonchev–Trinajstić information content (AvgIpc) is 3.36. The average molecular weight is 500 g/mol. The van der Waals surface area contributed by atoms with Crippen LogP contribution < -0.4 is 14.5 Å². The molecule has 0 aliphatic heterocycles. The molecule has 0 saturated carbocycles. The SMILES string of the molecule is COc1ccc(-c2cc(-c3ccc(C)cc3)c(C#N)c(SC/C([O-])=N/c3c[n+](C(C)C)no3)n2)cc1. The Morgan fingerprint density at radius 3 is 2.47 bits per heavy atom. The van der Waals surface area contributed by atoms with Crippen molar-refractivity contribution in [2.45, 2.75) is 31.8 Å². The van der Waals surface area contributed by atoms with Gasteiger partial charge in [-0.25, -0.2) is 9.98 Å². The third-order valence-corrected chi connectivity index (χ3v) is 6.37. The first-order chi connectivity index (χ1) is 17.4. The minimum absolute atomic E-state index is 0.0105. The molecule has 9 heteroatoms. The van der Waals surface area contributed by atoms with Gasteiger partial charge in [-0.1, -0.05) is 41.6 Å². The molecule has 36 heavy (non-hydrogen) atoms. The molecular weight excluding hydrogens is 474 g/mol. The summed E-state index contributed by atoms with van der Waals surface area (Å²) in [4.78, 5) is 8.73. The van der Waals surface area contributed by atoms with E-state index in [2.05, 4.69) is 16.3 Å². The molecule has 0 N–H and O–H groups in total. The lowest BCUT2D eigenvalue weighted by Gasteiger charge is -2.14. The Balaban J connectivity index is 1.71. The highest BCUT2D eigenvalue weighted by Gasteiger charge is 2.17. The molecule has 0 saturated heterocycles. The van der Waals surface area contributed by atoms with E-state index in [-0.39, 0.29) is 17.7 Å². The third kappa shape index (κ3) is 5.73. The highest BCUT2D eigenvalue weighted by Crippen LogP contribution is 2.34. The molecule has 0 aliphatic carbocycles. The summed E-state index contributed by atoms with van der Waals surface area (Å²) in [6, 6.07) is 19.8. The van der Waals surface area contributed by atoms with Crippen LogP contribution in [-0.4, -0.2) is 29.0 Å². The number of ether oxygens (including phenoxy) is 1. The van der Waals surface area contributed by atoms with E-state index in [1.54, 1.807) is 18.0 Å². The van der Waals surface area contributed by atoms with E-state index in [4.69, 9.17) is 14.2 Å². The van der Waals surface area contributed by atoms with Gasteiger partial charge in [0.05, 0.1) is 18.4 Å². The highest BCUT2D eigenvalue weighted by molar-refractivity contribution is 8.00. The number of nitriles is 1. The van der Waals surface area contributed by atoms with Crippen LogP contribution in [0.1, 0.15) is 31.0 Å². The number of methoxy groups -OCH3 is 1. The number of aliphatic imine (C=N–C) groups is 1. The number of nitrogens with zero attached hydrogens (tertiary/aromatic N) is 5. The maximum atomic E-state index is 12.6. The standard InChI is InChI=1S/C27H25N5O3S/c1-17(2)32-15-26(35-31-32)30-25(33)16-36-27-23(14-28)22(19-7-5-18(3)6-8-19)13-24(29-27)20-9-11-21(34-4)12-10-20/h5-13,15,17H,16H2,1-4H3. The Kier molecular flexibility index (Phi) is 7.66. The van der Waals surface area contributed by atoms with E-state index in [0.717, 1.165) is 28.0 Å². The normalized spacial score (nSPS) is 11.5. The minimum atomic E-state index is -0.413. The molecule has 0 spiro atoms. The van der Waals surface area contributed by atoms with Gasteiger partial charge in [0.25, 0.3) is 6.20 Å². The fourth-order valence-corrected chi connectivity index (χ4v) is 4.22. The topological polar surface area (TPSA) is 111 Å². The molecular formula is C27H25N5O3S. The summed E-state index contributed by atoms with van der Waals surface area (Å²) in [5.41, 5.74) is 4.73. The molecule has 0 fully saturated rings. The van der Waals surface area contributed by atoms with Crippen molar-refractivity contribution >= 4 is 23.5 Å². The number of aromatic nitrogens is 3. The predicted octanol–water partition coefficient (Wildman–Crippen LogP) is 4.64. The van der Waals surface area contributed by atoms with Crippen LogP contribution in [0.3, 0.4) is 0 Å². The molecule has 182 valence electrons. The largest absolute Gasteiger partial charge is 0.861 e. The number of hydrogen-bond acceptors (Lipinski definition) is 8. The van der Waals surface area contributed by atoms with Crippen LogP contribution in [-0.2, 0) is 0 Å². The van der Waals surface area contributed by atoms with Gasteiger partial charge in [-0.15, -0.1) is 0 Å². The lowest BCUT2D eigenvalue weighted by atomic mass is 9.98. The summed E-state index contributed by atoms with van der Waals surface area (Å²) in [5.74, 6) is 0.447. The second-order valence-corrected chi connectivity index (χ2v) is 9.31. The monoisotopic (exact) mass is 499 g/mol. The van der Waals surface area contributed by atoms with E-state index >= 15 is 0 Å². The molecule has 2 aromatic heterocycles. The zero-order valence-electron chi connectivity index (χ0n) is 20.4. The first-order valence-electron chi connectivity index (χ1n) is 11.3. The molecule has 0 bridgehead atoms. The summed E-state index contributed by atoms with van der Waals surface area (Å²) < 4.78 is 12.0. The van der Waals surface area contributed by atoms with Crippen LogP contribution in [0.15, 0.2) is 75.3 Å². The molecule has 0 radical (unpaired) electrons. The highest BCUT2D eigenvalue weighted by atomic mass is 32.2. The molecule has 8 nitrogen and oxygen atoms in total. The summed E-state index contributed by atoms with van der Waals surface area (Å²) in [5, 5.41) is 26.9. The second-order valence-electron chi connectivity index (χ2n) is 8.35. The first kappa shape index (κ1) is 24.9. The van der Waals surface area contributed by atoms with Crippen molar-refractivity contribution in [3.63, 3.8) is 0 Å². The molecule has 2 aromatic carbocycles. The fourth-order valence-electron chi connectivity index (χ4n) is 3.43. The molecule has 0 atom stereocenters. The van der Waals surface area contributed by atoms with Crippen molar-refractivity contribution in [2.24, 2.45) is 4.99 Å².